The van der Waals surface area contributed by atoms with E-state index in [0.717, 1.165) is 12.5 Å². The highest BCUT2D eigenvalue weighted by atomic mass is 14.8. The molecule has 1 heteroatoms. The van der Waals surface area contributed by atoms with Gasteiger partial charge in [-0.2, -0.15) is 0 Å². The summed E-state index contributed by atoms with van der Waals surface area (Å²) >= 11 is 0. The summed E-state index contributed by atoms with van der Waals surface area (Å²) in [4.78, 5) is 0. The van der Waals surface area contributed by atoms with E-state index in [1.807, 2.05) is 0 Å². The van der Waals surface area contributed by atoms with Crippen LogP contribution >= 0.6 is 0 Å². The van der Waals surface area contributed by atoms with E-state index in [9.17, 15) is 0 Å². The van der Waals surface area contributed by atoms with Crippen molar-refractivity contribution >= 4 is 6.08 Å². The van der Waals surface area contributed by atoms with Crippen LogP contribution in [0.15, 0.2) is 29.8 Å². The lowest BCUT2D eigenvalue weighted by molar-refractivity contribution is 0.398. The lowest BCUT2D eigenvalue weighted by Crippen LogP contribution is -2.19. The average Bonchev–Trinajstić information content (AvgIpc) is 2.48. The first-order valence-corrected chi connectivity index (χ1v) is 8.15. The van der Waals surface area contributed by atoms with Crippen LogP contribution in [0.5, 0.6) is 0 Å². The maximum absolute atomic E-state index is 3.35. The van der Waals surface area contributed by atoms with Gasteiger partial charge in [0.15, 0.2) is 0 Å². The topological polar surface area (TPSA) is 12.0 Å². The normalized spacial score (nSPS) is 17.7. The van der Waals surface area contributed by atoms with Crippen LogP contribution in [-0.2, 0) is 0 Å². The van der Waals surface area contributed by atoms with E-state index in [-0.39, 0.29) is 0 Å². The van der Waals surface area contributed by atoms with Crippen LogP contribution in [0.25, 0.3) is 6.08 Å². The number of nitrogens with one attached hydrogen (secondary N) is 1. The molecule has 0 amide bonds. The van der Waals surface area contributed by atoms with Crippen molar-refractivity contribution in [1.82, 2.24) is 5.32 Å². The fourth-order valence-corrected chi connectivity index (χ4v) is 3.18. The number of benzene rings is 1. The largest absolute Gasteiger partial charge is 0.316 e. The van der Waals surface area contributed by atoms with Crippen molar-refractivity contribution in [2.24, 2.45) is 5.92 Å². The molecule has 1 aliphatic carbocycles. The molecule has 0 saturated heterocycles. The molecule has 1 N–H and O–H groups in total. The fraction of sp³-hybridized carbons (Fsp3) is 0.579. The Labute approximate surface area is 124 Å². The second kappa shape index (κ2) is 7.64. The zero-order valence-electron chi connectivity index (χ0n) is 13.3. The van der Waals surface area contributed by atoms with Crippen molar-refractivity contribution in [2.45, 2.75) is 51.9 Å². The van der Waals surface area contributed by atoms with Crippen LogP contribution in [0.4, 0.5) is 0 Å². The predicted octanol–water partition coefficient (Wildman–Crippen LogP) is 4.99. The van der Waals surface area contributed by atoms with Crippen molar-refractivity contribution in [3.05, 3.63) is 41.0 Å². The Balaban J connectivity index is 2.14. The van der Waals surface area contributed by atoms with Gasteiger partial charge in [-0.15, -0.1) is 0 Å². The molecule has 1 nitrogen and oxygen atoms in total. The van der Waals surface area contributed by atoms with Crippen LogP contribution in [0.2, 0.25) is 0 Å². The van der Waals surface area contributed by atoms with E-state index in [4.69, 9.17) is 0 Å². The zero-order valence-corrected chi connectivity index (χ0v) is 13.3. The maximum atomic E-state index is 3.35. The lowest BCUT2D eigenvalue weighted by atomic mass is 9.83. The first-order valence-electron chi connectivity index (χ1n) is 8.15. The molecule has 0 spiro atoms. The third-order valence-electron chi connectivity index (χ3n) is 4.47. The maximum Gasteiger partial charge on any atom is 0.0167 e. The Bertz CT molecular complexity index is 422. The standard InChI is InChI=1S/C19H29N/c1-15(2)17-11-9-16(10-12-17)13-19(14-20-3)18-7-5-4-6-8-18/h9-13,15,18,20H,4-8,14H2,1-3H3/b19-13-. The molecule has 1 fully saturated rings. The van der Waals surface area contributed by atoms with Gasteiger partial charge in [-0.05, 0) is 42.9 Å². The number of likely N-dealkylation sites (N-methyl/N-ethyl adjacent to an activating group) is 1. The molecule has 0 aliphatic heterocycles. The van der Waals surface area contributed by atoms with Gasteiger partial charge in [0, 0.05) is 6.54 Å². The highest BCUT2D eigenvalue weighted by Crippen LogP contribution is 2.30. The molecule has 1 aromatic carbocycles. The Morgan fingerprint density at radius 3 is 2.35 bits per heavy atom. The molecular formula is C19H29N. The van der Waals surface area contributed by atoms with Gasteiger partial charge in [0.2, 0.25) is 0 Å². The number of hydrogen-bond acceptors (Lipinski definition) is 1. The Morgan fingerprint density at radius 1 is 1.15 bits per heavy atom. The van der Waals surface area contributed by atoms with Crippen LogP contribution in [0.1, 0.15) is 63.0 Å². The van der Waals surface area contributed by atoms with Crippen LogP contribution < -0.4 is 5.32 Å². The highest BCUT2D eigenvalue weighted by Gasteiger charge is 2.17. The quantitative estimate of drug-likeness (QED) is 0.795. The summed E-state index contributed by atoms with van der Waals surface area (Å²) < 4.78 is 0. The molecule has 20 heavy (non-hydrogen) atoms. The summed E-state index contributed by atoms with van der Waals surface area (Å²) in [6.45, 7) is 5.52. The number of hydrogen-bond donors (Lipinski definition) is 1. The van der Waals surface area contributed by atoms with Crippen molar-refractivity contribution in [3.63, 3.8) is 0 Å². The van der Waals surface area contributed by atoms with Crippen LogP contribution in [-0.4, -0.2) is 13.6 Å². The van der Waals surface area contributed by atoms with E-state index in [1.54, 1.807) is 5.57 Å². The molecule has 1 aliphatic rings. The summed E-state index contributed by atoms with van der Waals surface area (Å²) in [5.74, 6) is 1.41. The summed E-state index contributed by atoms with van der Waals surface area (Å²) in [7, 11) is 2.05. The van der Waals surface area contributed by atoms with Gasteiger partial charge in [0.1, 0.15) is 0 Å². The zero-order chi connectivity index (χ0) is 14.4. The summed E-state index contributed by atoms with van der Waals surface area (Å²) in [5, 5.41) is 3.35. The molecule has 2 rings (SSSR count). The van der Waals surface area contributed by atoms with Gasteiger partial charge in [0.25, 0.3) is 0 Å². The number of rotatable bonds is 5. The van der Waals surface area contributed by atoms with Crippen LogP contribution in [0.3, 0.4) is 0 Å². The molecule has 1 saturated carbocycles. The van der Waals surface area contributed by atoms with Crippen LogP contribution in [0, 0.1) is 5.92 Å². The monoisotopic (exact) mass is 271 g/mol. The van der Waals surface area contributed by atoms with Gasteiger partial charge in [0.05, 0.1) is 0 Å². The minimum Gasteiger partial charge on any atom is -0.316 e. The molecule has 0 unspecified atom stereocenters. The second-order valence-corrected chi connectivity index (χ2v) is 6.41. The van der Waals surface area contributed by atoms with Crippen molar-refractivity contribution < 1.29 is 0 Å². The SMILES string of the molecule is CNC/C(=C/c1ccc(C(C)C)cc1)C1CCCCC1. The van der Waals surface area contributed by atoms with E-state index >= 15 is 0 Å². The average molecular weight is 271 g/mol. The summed E-state index contributed by atoms with van der Waals surface area (Å²) in [5.41, 5.74) is 4.37. The Morgan fingerprint density at radius 2 is 1.80 bits per heavy atom. The predicted molar refractivity (Wildman–Crippen MR) is 89.0 cm³/mol. The smallest absolute Gasteiger partial charge is 0.0167 e. The van der Waals surface area contributed by atoms with E-state index < -0.39 is 0 Å². The Kier molecular flexibility index (Phi) is 5.85. The second-order valence-electron chi connectivity index (χ2n) is 6.41. The summed E-state index contributed by atoms with van der Waals surface area (Å²) in [6.07, 6.45) is 9.38. The van der Waals surface area contributed by atoms with Gasteiger partial charge >= 0.3 is 0 Å². The summed E-state index contributed by atoms with van der Waals surface area (Å²) in [6, 6.07) is 9.09. The van der Waals surface area contributed by atoms with Crippen molar-refractivity contribution in [3.8, 4) is 0 Å². The minimum absolute atomic E-state index is 0.614. The fourth-order valence-electron chi connectivity index (χ4n) is 3.18. The molecule has 1 aromatic rings. The van der Waals surface area contributed by atoms with Gasteiger partial charge in [-0.1, -0.05) is 69.0 Å². The first-order chi connectivity index (χ1) is 9.70. The molecule has 0 radical (unpaired) electrons. The molecule has 0 aromatic heterocycles. The minimum atomic E-state index is 0.614. The van der Waals surface area contributed by atoms with Gasteiger partial charge in [-0.25, -0.2) is 0 Å². The highest BCUT2D eigenvalue weighted by molar-refractivity contribution is 5.54. The third kappa shape index (κ3) is 4.21. The molecule has 110 valence electrons. The third-order valence-corrected chi connectivity index (χ3v) is 4.47. The first kappa shape index (κ1) is 15.3. The van der Waals surface area contributed by atoms with Crippen molar-refractivity contribution in [1.29, 1.82) is 0 Å². The van der Waals surface area contributed by atoms with E-state index in [0.29, 0.717) is 5.92 Å². The van der Waals surface area contributed by atoms with Crippen molar-refractivity contribution in [2.75, 3.05) is 13.6 Å². The molecule has 0 bridgehead atoms. The molecule has 0 atom stereocenters. The van der Waals surface area contributed by atoms with E-state index in [1.165, 1.54) is 43.2 Å². The lowest BCUT2D eigenvalue weighted by Gasteiger charge is -2.24. The Hall–Kier alpha value is -1.08. The molecular weight excluding hydrogens is 242 g/mol. The molecule has 0 heterocycles. The van der Waals surface area contributed by atoms with Gasteiger partial charge in [-0.3, -0.25) is 0 Å². The van der Waals surface area contributed by atoms with Gasteiger partial charge < -0.3 is 5.32 Å². The van der Waals surface area contributed by atoms with E-state index in [2.05, 4.69) is 56.6 Å².